The van der Waals surface area contributed by atoms with Gasteiger partial charge in [0.1, 0.15) is 16.8 Å². The van der Waals surface area contributed by atoms with E-state index in [9.17, 15) is 15.2 Å². The van der Waals surface area contributed by atoms with Gasteiger partial charge in [0.2, 0.25) is 6.10 Å². The molecule has 2 N–H and O–H groups in total. The van der Waals surface area contributed by atoms with Gasteiger partial charge >= 0.3 is 0 Å². The van der Waals surface area contributed by atoms with Crippen LogP contribution in [0.1, 0.15) is 34.9 Å². The first-order chi connectivity index (χ1) is 12.0. The molecule has 1 aliphatic heterocycles. The van der Waals surface area contributed by atoms with Crippen LogP contribution >= 0.6 is 11.3 Å². The summed E-state index contributed by atoms with van der Waals surface area (Å²) in [5.41, 5.74) is 2.55. The van der Waals surface area contributed by atoms with Crippen LogP contribution in [0.4, 0.5) is 5.00 Å². The number of nitriles is 1. The van der Waals surface area contributed by atoms with E-state index in [0.717, 1.165) is 16.9 Å². The van der Waals surface area contributed by atoms with Gasteiger partial charge in [0.15, 0.2) is 0 Å². The van der Waals surface area contributed by atoms with Crippen molar-refractivity contribution in [2.45, 2.75) is 32.8 Å². The Hall–Kier alpha value is -2.85. The molecule has 1 aliphatic rings. The number of hydrogen-bond acceptors (Lipinski definition) is 6. The summed E-state index contributed by atoms with van der Waals surface area (Å²) in [6.07, 6.45) is 0.214. The Morgan fingerprint density at radius 3 is 2.96 bits per heavy atom. The zero-order valence-electron chi connectivity index (χ0n) is 13.9. The topological polar surface area (TPSA) is 94.7 Å². The van der Waals surface area contributed by atoms with Crippen LogP contribution in [-0.2, 0) is 16.1 Å². The summed E-state index contributed by atoms with van der Waals surface area (Å²) in [5, 5.41) is 26.5. The Bertz CT molecular complexity index is 895. The molecule has 0 saturated carbocycles. The molecule has 0 aliphatic carbocycles. The lowest BCUT2D eigenvalue weighted by Gasteiger charge is -2.08. The molecular formula is C18H17N3O3S. The van der Waals surface area contributed by atoms with Gasteiger partial charge in [0, 0.05) is 16.9 Å². The van der Waals surface area contributed by atoms with E-state index in [4.69, 9.17) is 4.84 Å². The number of nitrogens with zero attached hydrogens (tertiary/aromatic N) is 2. The number of aromatic hydroxyl groups is 1. The molecule has 0 fully saturated rings. The average molecular weight is 355 g/mol. The van der Waals surface area contributed by atoms with E-state index in [-0.39, 0.29) is 18.1 Å². The highest BCUT2D eigenvalue weighted by Gasteiger charge is 2.31. The second kappa shape index (κ2) is 6.95. The number of hydrogen-bond donors (Lipinski definition) is 2. The summed E-state index contributed by atoms with van der Waals surface area (Å²) in [6.45, 7) is 3.92. The van der Waals surface area contributed by atoms with Crippen molar-refractivity contribution in [3.63, 3.8) is 0 Å². The molecule has 1 aromatic heterocycles. The molecule has 128 valence electrons. The van der Waals surface area contributed by atoms with Crippen molar-refractivity contribution in [2.24, 2.45) is 5.16 Å². The Morgan fingerprint density at radius 1 is 1.52 bits per heavy atom. The number of carbonyl (C=O) groups excluding carboxylic acids is 1. The maximum atomic E-state index is 12.5. The van der Waals surface area contributed by atoms with E-state index in [1.54, 1.807) is 24.3 Å². The second-order valence-electron chi connectivity index (χ2n) is 5.65. The predicted octanol–water partition coefficient (Wildman–Crippen LogP) is 3.33. The van der Waals surface area contributed by atoms with Crippen LogP contribution in [0.15, 0.2) is 29.4 Å². The summed E-state index contributed by atoms with van der Waals surface area (Å²) >= 11 is 1.39. The highest BCUT2D eigenvalue weighted by Crippen LogP contribution is 2.33. The fraction of sp³-hybridized carbons (Fsp3) is 0.278. The van der Waals surface area contributed by atoms with Crippen LogP contribution < -0.4 is 5.32 Å². The fourth-order valence-electron chi connectivity index (χ4n) is 2.80. The molecule has 6 nitrogen and oxygen atoms in total. The molecule has 1 amide bonds. The molecular weight excluding hydrogens is 338 g/mol. The lowest BCUT2D eigenvalue weighted by atomic mass is 10.0. The zero-order chi connectivity index (χ0) is 18.0. The van der Waals surface area contributed by atoms with Crippen LogP contribution in [0.2, 0.25) is 0 Å². The smallest absolute Gasteiger partial charge is 0.269 e. The third-order valence-electron chi connectivity index (χ3n) is 4.09. The highest BCUT2D eigenvalue weighted by molar-refractivity contribution is 7.16. The number of para-hydroxylation sites is 1. The van der Waals surface area contributed by atoms with E-state index in [0.29, 0.717) is 21.8 Å². The summed E-state index contributed by atoms with van der Waals surface area (Å²) in [4.78, 5) is 18.7. The van der Waals surface area contributed by atoms with Gasteiger partial charge in [-0.3, -0.25) is 4.79 Å². The minimum absolute atomic E-state index is 0.0964. The van der Waals surface area contributed by atoms with Gasteiger partial charge < -0.3 is 15.3 Å². The maximum Gasteiger partial charge on any atom is 0.269 e. The molecule has 2 aromatic rings. The average Bonchev–Trinajstić information content (AvgIpc) is 3.19. The largest absolute Gasteiger partial charge is 0.507 e. The number of aryl methyl sites for hydroxylation is 1. The van der Waals surface area contributed by atoms with Gasteiger partial charge in [-0.2, -0.15) is 5.26 Å². The molecule has 0 radical (unpaired) electrons. The minimum atomic E-state index is -0.784. The molecule has 0 bridgehead atoms. The van der Waals surface area contributed by atoms with Crippen molar-refractivity contribution >= 4 is 28.0 Å². The lowest BCUT2D eigenvalue weighted by molar-refractivity contribution is -0.125. The summed E-state index contributed by atoms with van der Waals surface area (Å²) in [5.74, 6) is -0.256. The molecule has 25 heavy (non-hydrogen) atoms. The molecule has 0 saturated heterocycles. The Kier molecular flexibility index (Phi) is 4.72. The molecule has 0 spiro atoms. The predicted molar refractivity (Wildman–Crippen MR) is 95.9 cm³/mol. The molecule has 1 atom stereocenters. The van der Waals surface area contributed by atoms with Crippen LogP contribution in [-0.4, -0.2) is 22.8 Å². The van der Waals surface area contributed by atoms with Gasteiger partial charge in [-0.15, -0.1) is 11.3 Å². The number of nitrogens with one attached hydrogen (secondary N) is 1. The first-order valence-corrected chi connectivity index (χ1v) is 8.71. The first kappa shape index (κ1) is 17.0. The number of benzene rings is 1. The number of phenolic OH excluding ortho intramolecular Hbond substituents is 1. The third-order valence-corrected chi connectivity index (χ3v) is 5.15. The minimum Gasteiger partial charge on any atom is -0.507 e. The van der Waals surface area contributed by atoms with Crippen LogP contribution in [0, 0.1) is 18.3 Å². The Balaban J connectivity index is 1.73. The second-order valence-corrected chi connectivity index (χ2v) is 6.87. The van der Waals surface area contributed by atoms with Crippen molar-refractivity contribution in [2.75, 3.05) is 5.32 Å². The fourth-order valence-corrected chi connectivity index (χ4v) is 3.90. The maximum absolute atomic E-state index is 12.5. The van der Waals surface area contributed by atoms with E-state index in [1.807, 2.05) is 13.8 Å². The summed E-state index contributed by atoms with van der Waals surface area (Å²) in [7, 11) is 0. The molecule has 2 heterocycles. The van der Waals surface area contributed by atoms with Crippen molar-refractivity contribution in [3.8, 4) is 11.8 Å². The quantitative estimate of drug-likeness (QED) is 0.879. The molecule has 7 heteroatoms. The monoisotopic (exact) mass is 355 g/mol. The van der Waals surface area contributed by atoms with Gasteiger partial charge in [0.25, 0.3) is 5.91 Å². The van der Waals surface area contributed by atoms with Crippen LogP contribution in [0.3, 0.4) is 0 Å². The van der Waals surface area contributed by atoms with E-state index in [1.165, 1.54) is 11.3 Å². The number of rotatable bonds is 4. The number of thiophene rings is 1. The number of anilines is 1. The number of amides is 1. The van der Waals surface area contributed by atoms with Crippen LogP contribution in [0.5, 0.6) is 5.75 Å². The molecule has 3 rings (SSSR count). The number of oxime groups is 1. The SMILES string of the molecule is CCc1c(C)sc(NC(=O)[C@H]2CC(c3ccccc3O)=NO2)c1C#N. The Labute approximate surface area is 149 Å². The van der Waals surface area contributed by atoms with E-state index in [2.05, 4.69) is 16.5 Å². The van der Waals surface area contributed by atoms with E-state index >= 15 is 0 Å². The van der Waals surface area contributed by atoms with Crippen molar-refractivity contribution in [1.82, 2.24) is 0 Å². The van der Waals surface area contributed by atoms with Gasteiger partial charge in [-0.25, -0.2) is 0 Å². The van der Waals surface area contributed by atoms with E-state index < -0.39 is 6.10 Å². The molecule has 0 unspecified atom stereocenters. The summed E-state index contributed by atoms with van der Waals surface area (Å²) < 4.78 is 0. The highest BCUT2D eigenvalue weighted by atomic mass is 32.1. The normalized spacial score (nSPS) is 16.0. The van der Waals surface area contributed by atoms with Gasteiger partial charge in [0.05, 0.1) is 11.3 Å². The van der Waals surface area contributed by atoms with Crippen LogP contribution in [0.25, 0.3) is 0 Å². The summed E-state index contributed by atoms with van der Waals surface area (Å²) in [6, 6.07) is 8.95. The van der Waals surface area contributed by atoms with Crippen molar-refractivity contribution in [3.05, 3.63) is 45.8 Å². The Morgan fingerprint density at radius 2 is 2.28 bits per heavy atom. The molecule has 1 aromatic carbocycles. The van der Waals surface area contributed by atoms with Crippen molar-refractivity contribution in [1.29, 1.82) is 5.26 Å². The zero-order valence-corrected chi connectivity index (χ0v) is 14.7. The first-order valence-electron chi connectivity index (χ1n) is 7.89. The standard InChI is InChI=1S/C18H17N3O3S/c1-3-11-10(2)25-18(13(11)9-19)20-17(23)16-8-14(21-24-16)12-6-4-5-7-15(12)22/h4-7,16,22H,3,8H2,1-2H3,(H,20,23)/t16-/m1/s1. The van der Waals surface area contributed by atoms with Crippen molar-refractivity contribution < 1.29 is 14.7 Å². The van der Waals surface area contributed by atoms with Gasteiger partial charge in [-0.05, 0) is 31.0 Å². The number of phenols is 1. The number of carbonyl (C=O) groups is 1. The third kappa shape index (κ3) is 3.21. The van der Waals surface area contributed by atoms with Gasteiger partial charge in [-0.1, -0.05) is 24.2 Å². The lowest BCUT2D eigenvalue weighted by Crippen LogP contribution is -2.28.